The van der Waals surface area contributed by atoms with Gasteiger partial charge in [0.1, 0.15) is 0 Å². The molecule has 0 saturated heterocycles. The van der Waals surface area contributed by atoms with Gasteiger partial charge in [-0.05, 0) is 6.07 Å². The number of hydrogen-bond acceptors (Lipinski definition) is 3. The fraction of sp³-hybridized carbons (Fsp3) is 0.167. The van der Waals surface area contributed by atoms with Gasteiger partial charge in [0.15, 0.2) is 6.29 Å². The molecule has 1 unspecified atom stereocenters. The molecule has 10 heavy (non-hydrogen) atoms. The van der Waals surface area contributed by atoms with Gasteiger partial charge in [-0.3, -0.25) is 10.7 Å². The van der Waals surface area contributed by atoms with Gasteiger partial charge in [0.25, 0.3) is 0 Å². The van der Waals surface area contributed by atoms with Crippen molar-refractivity contribution in [1.82, 2.24) is 4.98 Å². The highest BCUT2D eigenvalue weighted by Gasteiger charge is 2.08. The Kier molecular flexibility index (Phi) is 1.01. The zero-order valence-electron chi connectivity index (χ0n) is 5.33. The smallest absolute Gasteiger partial charge is 0.171 e. The number of H-pyrrole nitrogens is 1. The largest absolute Gasteiger partial charge is 0.359 e. The molecule has 1 aromatic heterocycles. The summed E-state index contributed by atoms with van der Waals surface area (Å²) in [5.74, 6) is 0. The average molecular weight is 136 g/mol. The molecular weight excluding hydrogens is 128 g/mol. The third-order valence-electron chi connectivity index (χ3n) is 1.45. The van der Waals surface area contributed by atoms with E-state index in [1.165, 1.54) is 0 Å². The van der Waals surface area contributed by atoms with Crippen LogP contribution in [0.15, 0.2) is 17.3 Å². The van der Waals surface area contributed by atoms with E-state index in [-0.39, 0.29) is 6.29 Å². The number of fused-ring (bicyclic) bond motifs is 1. The molecule has 0 radical (unpaired) electrons. The number of nitrogens with one attached hydrogen (secondary N) is 2. The van der Waals surface area contributed by atoms with Crippen LogP contribution < -0.4 is 11.1 Å². The van der Waals surface area contributed by atoms with Gasteiger partial charge >= 0.3 is 0 Å². The number of aromatic nitrogens is 1. The van der Waals surface area contributed by atoms with E-state index in [1.54, 1.807) is 6.21 Å². The topological polar surface area (TPSA) is 66.2 Å². The molecule has 1 aliphatic rings. The van der Waals surface area contributed by atoms with E-state index in [1.807, 2.05) is 12.3 Å². The molecule has 0 bridgehead atoms. The van der Waals surface area contributed by atoms with Crippen molar-refractivity contribution in [2.24, 2.45) is 10.7 Å². The van der Waals surface area contributed by atoms with Gasteiger partial charge in [-0.1, -0.05) is 0 Å². The van der Waals surface area contributed by atoms with Gasteiger partial charge in [0.05, 0.1) is 17.6 Å². The van der Waals surface area contributed by atoms with E-state index in [9.17, 15) is 0 Å². The van der Waals surface area contributed by atoms with E-state index >= 15 is 0 Å². The summed E-state index contributed by atoms with van der Waals surface area (Å²) in [4.78, 5) is 6.96. The fourth-order valence-electron chi connectivity index (χ4n) is 0.966. The van der Waals surface area contributed by atoms with Gasteiger partial charge in [-0.2, -0.15) is 0 Å². The lowest BCUT2D eigenvalue weighted by Crippen LogP contribution is -2.29. The van der Waals surface area contributed by atoms with Crippen LogP contribution >= 0.6 is 0 Å². The first-order valence-electron chi connectivity index (χ1n) is 3.09. The third kappa shape index (κ3) is 0.698. The van der Waals surface area contributed by atoms with E-state index in [0.717, 1.165) is 11.4 Å². The van der Waals surface area contributed by atoms with Gasteiger partial charge < -0.3 is 10.3 Å². The van der Waals surface area contributed by atoms with Crippen LogP contribution in [-0.4, -0.2) is 17.5 Å². The first kappa shape index (κ1) is 5.49. The summed E-state index contributed by atoms with van der Waals surface area (Å²) in [6.45, 7) is 0. The third-order valence-corrected chi connectivity index (χ3v) is 1.45. The molecule has 4 N–H and O–H groups in total. The van der Waals surface area contributed by atoms with Crippen molar-refractivity contribution in [1.29, 1.82) is 0 Å². The van der Waals surface area contributed by atoms with Crippen LogP contribution in [0.4, 0.5) is 5.69 Å². The summed E-state index contributed by atoms with van der Waals surface area (Å²) in [5.41, 5.74) is 7.49. The van der Waals surface area contributed by atoms with Crippen LogP contribution in [0.1, 0.15) is 5.69 Å². The number of nitrogens with two attached hydrogens (primary N) is 1. The lowest BCUT2D eigenvalue weighted by molar-refractivity contribution is 0.805. The van der Waals surface area contributed by atoms with Crippen molar-refractivity contribution >= 4 is 11.9 Å². The first-order chi connectivity index (χ1) is 4.86. The van der Waals surface area contributed by atoms with Crippen molar-refractivity contribution in [2.45, 2.75) is 6.29 Å². The second-order valence-electron chi connectivity index (χ2n) is 2.17. The molecule has 2 rings (SSSR count). The molecule has 0 fully saturated rings. The summed E-state index contributed by atoms with van der Waals surface area (Å²) in [6, 6.07) is 1.93. The minimum absolute atomic E-state index is 0.289. The summed E-state index contributed by atoms with van der Waals surface area (Å²) >= 11 is 0. The lowest BCUT2D eigenvalue weighted by Gasteiger charge is -2.13. The molecule has 52 valence electrons. The lowest BCUT2D eigenvalue weighted by atomic mass is 10.3. The maximum absolute atomic E-state index is 5.49. The van der Waals surface area contributed by atoms with Crippen molar-refractivity contribution < 1.29 is 0 Å². The minimum Gasteiger partial charge on any atom is -0.359 e. The molecule has 2 heterocycles. The van der Waals surface area contributed by atoms with Crippen LogP contribution in [0, 0.1) is 0 Å². The second kappa shape index (κ2) is 1.85. The molecule has 4 heteroatoms. The monoisotopic (exact) mass is 136 g/mol. The Balaban J connectivity index is 2.43. The van der Waals surface area contributed by atoms with E-state index < -0.39 is 0 Å². The zero-order valence-corrected chi connectivity index (χ0v) is 5.33. The highest BCUT2D eigenvalue weighted by Crippen LogP contribution is 2.14. The molecule has 4 nitrogen and oxygen atoms in total. The zero-order chi connectivity index (χ0) is 6.97. The highest BCUT2D eigenvalue weighted by atomic mass is 15.2. The predicted octanol–water partition coefficient (Wildman–Crippen LogP) is 0.101. The molecule has 0 amide bonds. The Morgan fingerprint density at radius 1 is 1.60 bits per heavy atom. The number of aliphatic imine (C=N–C) groups is 1. The van der Waals surface area contributed by atoms with Crippen LogP contribution in [0.2, 0.25) is 0 Å². The van der Waals surface area contributed by atoms with Gasteiger partial charge in [-0.15, -0.1) is 0 Å². The van der Waals surface area contributed by atoms with Crippen molar-refractivity contribution in [3.63, 3.8) is 0 Å². The molecular formula is C6H8N4. The fourth-order valence-corrected chi connectivity index (χ4v) is 0.966. The van der Waals surface area contributed by atoms with E-state index in [0.29, 0.717) is 0 Å². The van der Waals surface area contributed by atoms with Crippen LogP contribution in [0.3, 0.4) is 0 Å². The van der Waals surface area contributed by atoms with Crippen LogP contribution in [0.25, 0.3) is 0 Å². The quantitative estimate of drug-likeness (QED) is 0.473. The van der Waals surface area contributed by atoms with E-state index in [4.69, 9.17) is 5.73 Å². The summed E-state index contributed by atoms with van der Waals surface area (Å²) in [5, 5.41) is 2.99. The molecule has 1 atom stereocenters. The Labute approximate surface area is 58.1 Å². The summed E-state index contributed by atoms with van der Waals surface area (Å²) in [7, 11) is 0. The normalized spacial score (nSPS) is 21.9. The Morgan fingerprint density at radius 2 is 2.50 bits per heavy atom. The van der Waals surface area contributed by atoms with Crippen molar-refractivity contribution in [3.05, 3.63) is 18.0 Å². The molecule has 0 spiro atoms. The number of hydrogen-bond donors (Lipinski definition) is 3. The van der Waals surface area contributed by atoms with Crippen molar-refractivity contribution in [2.75, 3.05) is 5.32 Å². The summed E-state index contributed by atoms with van der Waals surface area (Å²) < 4.78 is 0. The number of rotatable bonds is 0. The predicted molar refractivity (Wildman–Crippen MR) is 40.0 cm³/mol. The van der Waals surface area contributed by atoms with Gasteiger partial charge in [0.2, 0.25) is 0 Å². The maximum Gasteiger partial charge on any atom is 0.171 e. The standard InChI is InChI=1S/C6H8N4/c7-6-9-3-5-4(10-6)1-2-8-5/h1-3,6,8,10H,7H2. The van der Waals surface area contributed by atoms with Crippen LogP contribution in [-0.2, 0) is 0 Å². The Morgan fingerprint density at radius 3 is 3.40 bits per heavy atom. The molecule has 1 aliphatic heterocycles. The van der Waals surface area contributed by atoms with Gasteiger partial charge in [0, 0.05) is 6.20 Å². The minimum atomic E-state index is -0.289. The maximum atomic E-state index is 5.49. The second-order valence-corrected chi connectivity index (χ2v) is 2.17. The number of aromatic amines is 1. The Hall–Kier alpha value is -1.29. The van der Waals surface area contributed by atoms with Gasteiger partial charge in [-0.25, -0.2) is 0 Å². The summed E-state index contributed by atoms with van der Waals surface area (Å²) in [6.07, 6.45) is 3.29. The first-order valence-corrected chi connectivity index (χ1v) is 3.09. The van der Waals surface area contributed by atoms with E-state index in [2.05, 4.69) is 15.3 Å². The SMILES string of the molecule is NC1N=Cc2[nH]ccc2N1. The molecule has 0 aromatic carbocycles. The average Bonchev–Trinajstić information content (AvgIpc) is 2.33. The Bertz CT molecular complexity index is 262. The molecule has 0 aliphatic carbocycles. The number of nitrogens with zero attached hydrogens (tertiary/aromatic N) is 1. The molecule has 0 saturated carbocycles. The highest BCUT2D eigenvalue weighted by molar-refractivity contribution is 5.87. The van der Waals surface area contributed by atoms with Crippen molar-refractivity contribution in [3.8, 4) is 0 Å². The molecule has 1 aromatic rings. The van der Waals surface area contributed by atoms with Crippen LogP contribution in [0.5, 0.6) is 0 Å². The number of anilines is 1.